The van der Waals surface area contributed by atoms with Crippen LogP contribution in [0.15, 0.2) is 60.7 Å². The van der Waals surface area contributed by atoms with E-state index in [4.69, 9.17) is 5.26 Å². The summed E-state index contributed by atoms with van der Waals surface area (Å²) in [5.41, 5.74) is 3.28. The number of para-hydroxylation sites is 1. The maximum Gasteiger partial charge on any atom is 0.133 e. The van der Waals surface area contributed by atoms with Crippen LogP contribution in [0.3, 0.4) is 0 Å². The number of benzene rings is 2. The molecule has 0 aliphatic rings. The number of hydrogen-bond donors (Lipinski definition) is 1. The van der Waals surface area contributed by atoms with E-state index in [0.717, 1.165) is 11.3 Å². The Kier molecular flexibility index (Phi) is 4.36. The zero-order valence-electron chi connectivity index (χ0n) is 10.9. The van der Waals surface area contributed by atoms with Gasteiger partial charge in [0.2, 0.25) is 0 Å². The van der Waals surface area contributed by atoms with E-state index in [-0.39, 0.29) is 6.04 Å². The van der Waals surface area contributed by atoms with E-state index in [1.165, 1.54) is 5.56 Å². The van der Waals surface area contributed by atoms with Crippen LogP contribution >= 0.6 is 0 Å². The van der Waals surface area contributed by atoms with Gasteiger partial charge in [-0.15, -0.1) is 0 Å². The number of rotatable bonds is 4. The highest BCUT2D eigenvalue weighted by Crippen LogP contribution is 2.09. The first-order chi connectivity index (χ1) is 9.28. The monoisotopic (exact) mass is 248 g/mol. The van der Waals surface area contributed by atoms with E-state index < -0.39 is 0 Å². The van der Waals surface area contributed by atoms with Crippen LogP contribution in [0.5, 0.6) is 0 Å². The highest BCUT2D eigenvalue weighted by atomic mass is 14.9. The molecule has 2 heteroatoms. The van der Waals surface area contributed by atoms with Gasteiger partial charge in [-0.25, -0.2) is 0 Å². The first-order valence-electron chi connectivity index (χ1n) is 6.24. The fourth-order valence-corrected chi connectivity index (χ4v) is 1.72. The number of nitrogens with zero attached hydrogens (tertiary/aromatic N) is 1. The van der Waals surface area contributed by atoms with Gasteiger partial charge >= 0.3 is 0 Å². The first-order valence-corrected chi connectivity index (χ1v) is 6.24. The number of nitrogens with one attached hydrogen (secondary N) is 1. The molecule has 0 heterocycles. The number of aryl methyl sites for hydroxylation is 1. The van der Waals surface area contributed by atoms with Crippen molar-refractivity contribution in [1.82, 2.24) is 0 Å². The van der Waals surface area contributed by atoms with Crippen molar-refractivity contribution in [2.24, 2.45) is 0 Å². The van der Waals surface area contributed by atoms with Crippen molar-refractivity contribution >= 4 is 11.8 Å². The van der Waals surface area contributed by atoms with Gasteiger partial charge in [0.15, 0.2) is 0 Å². The lowest BCUT2D eigenvalue weighted by molar-refractivity contribution is 1.12. The van der Waals surface area contributed by atoms with Gasteiger partial charge in [-0.3, -0.25) is 0 Å². The van der Waals surface area contributed by atoms with Crippen LogP contribution in [-0.2, 0) is 0 Å². The summed E-state index contributed by atoms with van der Waals surface area (Å²) in [6.45, 7) is 2.06. The lowest BCUT2D eigenvalue weighted by Gasteiger charge is -2.08. The third-order valence-electron chi connectivity index (χ3n) is 2.79. The maximum atomic E-state index is 9.15. The summed E-state index contributed by atoms with van der Waals surface area (Å²) in [4.78, 5) is 0. The van der Waals surface area contributed by atoms with Crippen molar-refractivity contribution in [3.05, 3.63) is 71.8 Å². The van der Waals surface area contributed by atoms with Gasteiger partial charge in [0.1, 0.15) is 6.04 Å². The molecular formula is C17H16N2. The number of anilines is 1. The van der Waals surface area contributed by atoms with Gasteiger partial charge in [0.25, 0.3) is 0 Å². The van der Waals surface area contributed by atoms with E-state index in [1.807, 2.05) is 54.6 Å². The summed E-state index contributed by atoms with van der Waals surface area (Å²) in [7, 11) is 0. The SMILES string of the molecule is Cc1ccc(/C=C/C(C#N)Nc2ccccc2)cc1. The minimum atomic E-state index is -0.330. The van der Waals surface area contributed by atoms with Gasteiger partial charge in [0.05, 0.1) is 6.07 Å². The fourth-order valence-electron chi connectivity index (χ4n) is 1.72. The maximum absolute atomic E-state index is 9.15. The van der Waals surface area contributed by atoms with Crippen molar-refractivity contribution in [3.8, 4) is 6.07 Å². The van der Waals surface area contributed by atoms with E-state index in [0.29, 0.717) is 0 Å². The van der Waals surface area contributed by atoms with Crippen LogP contribution < -0.4 is 5.32 Å². The molecule has 2 nitrogen and oxygen atoms in total. The Balaban J connectivity index is 2.03. The molecule has 0 bridgehead atoms. The van der Waals surface area contributed by atoms with Crippen molar-refractivity contribution in [3.63, 3.8) is 0 Å². The molecule has 0 aromatic heterocycles. The van der Waals surface area contributed by atoms with E-state index in [9.17, 15) is 0 Å². The Morgan fingerprint density at radius 3 is 2.37 bits per heavy atom. The number of nitriles is 1. The molecule has 0 radical (unpaired) electrons. The average molecular weight is 248 g/mol. The predicted octanol–water partition coefficient (Wildman–Crippen LogP) is 4.01. The van der Waals surface area contributed by atoms with E-state index in [1.54, 1.807) is 0 Å². The van der Waals surface area contributed by atoms with Gasteiger partial charge in [-0.1, -0.05) is 54.1 Å². The van der Waals surface area contributed by atoms with Crippen LogP contribution in [0.1, 0.15) is 11.1 Å². The molecule has 0 aliphatic heterocycles. The van der Waals surface area contributed by atoms with Crippen LogP contribution in [0.2, 0.25) is 0 Å². The first kappa shape index (κ1) is 12.9. The molecule has 1 atom stereocenters. The molecule has 0 aliphatic carbocycles. The Morgan fingerprint density at radius 2 is 1.74 bits per heavy atom. The largest absolute Gasteiger partial charge is 0.367 e. The minimum Gasteiger partial charge on any atom is -0.367 e. The van der Waals surface area contributed by atoms with Gasteiger partial charge < -0.3 is 5.32 Å². The summed E-state index contributed by atoms with van der Waals surface area (Å²) in [6, 6.07) is 19.9. The third kappa shape index (κ3) is 4.01. The van der Waals surface area contributed by atoms with Crippen molar-refractivity contribution in [2.75, 3.05) is 5.32 Å². The van der Waals surface area contributed by atoms with Crippen molar-refractivity contribution < 1.29 is 0 Å². The zero-order valence-corrected chi connectivity index (χ0v) is 10.9. The second kappa shape index (κ2) is 6.42. The Labute approximate surface area is 114 Å². The van der Waals surface area contributed by atoms with Gasteiger partial charge in [-0.05, 0) is 30.7 Å². The normalized spacial score (nSPS) is 12.0. The molecule has 0 saturated heterocycles. The summed E-state index contributed by atoms with van der Waals surface area (Å²) >= 11 is 0. The molecule has 0 spiro atoms. The molecule has 2 aromatic rings. The highest BCUT2D eigenvalue weighted by molar-refractivity contribution is 5.54. The summed E-state index contributed by atoms with van der Waals surface area (Å²) in [5, 5.41) is 12.3. The van der Waals surface area contributed by atoms with Crippen LogP contribution in [-0.4, -0.2) is 6.04 Å². The molecule has 19 heavy (non-hydrogen) atoms. The van der Waals surface area contributed by atoms with Gasteiger partial charge in [0, 0.05) is 5.69 Å². The van der Waals surface area contributed by atoms with Crippen molar-refractivity contribution in [1.29, 1.82) is 5.26 Å². The van der Waals surface area contributed by atoms with Crippen LogP contribution in [0.4, 0.5) is 5.69 Å². The van der Waals surface area contributed by atoms with Crippen molar-refractivity contribution in [2.45, 2.75) is 13.0 Å². The lowest BCUT2D eigenvalue weighted by atomic mass is 10.1. The summed E-state index contributed by atoms with van der Waals surface area (Å²) in [5.74, 6) is 0. The van der Waals surface area contributed by atoms with Crippen LogP contribution in [0.25, 0.3) is 6.08 Å². The Hall–Kier alpha value is -2.53. The molecule has 0 amide bonds. The van der Waals surface area contributed by atoms with Gasteiger partial charge in [-0.2, -0.15) is 5.26 Å². The van der Waals surface area contributed by atoms with E-state index in [2.05, 4.69) is 30.4 Å². The topological polar surface area (TPSA) is 35.8 Å². The molecule has 94 valence electrons. The standard InChI is InChI=1S/C17H16N2/c1-14-7-9-15(10-8-14)11-12-17(13-18)19-16-5-3-2-4-6-16/h2-12,17,19H,1H3/b12-11+. The lowest BCUT2D eigenvalue weighted by Crippen LogP contribution is -2.13. The molecule has 2 aromatic carbocycles. The molecule has 1 unspecified atom stereocenters. The average Bonchev–Trinajstić information content (AvgIpc) is 2.46. The zero-order chi connectivity index (χ0) is 13.5. The quantitative estimate of drug-likeness (QED) is 0.887. The molecule has 2 rings (SSSR count). The molecule has 1 N–H and O–H groups in total. The number of hydrogen-bond acceptors (Lipinski definition) is 2. The molecule has 0 fully saturated rings. The minimum absolute atomic E-state index is 0.330. The van der Waals surface area contributed by atoms with E-state index >= 15 is 0 Å². The fraction of sp³-hybridized carbons (Fsp3) is 0.118. The Morgan fingerprint density at radius 1 is 1.05 bits per heavy atom. The summed E-state index contributed by atoms with van der Waals surface area (Å²) < 4.78 is 0. The predicted molar refractivity (Wildman–Crippen MR) is 79.7 cm³/mol. The molecule has 0 saturated carbocycles. The van der Waals surface area contributed by atoms with Crippen LogP contribution in [0, 0.1) is 18.3 Å². The Bertz CT molecular complexity index is 577. The molecular weight excluding hydrogens is 232 g/mol. The smallest absolute Gasteiger partial charge is 0.133 e. The second-order valence-electron chi connectivity index (χ2n) is 4.39. The summed E-state index contributed by atoms with van der Waals surface area (Å²) in [6.07, 6.45) is 3.83. The third-order valence-corrected chi connectivity index (χ3v) is 2.79. The second-order valence-corrected chi connectivity index (χ2v) is 4.39. The highest BCUT2D eigenvalue weighted by Gasteiger charge is 2.01.